The van der Waals surface area contributed by atoms with Crippen LogP contribution in [0.1, 0.15) is 19.3 Å². The van der Waals surface area contributed by atoms with Crippen molar-refractivity contribution in [3.05, 3.63) is 0 Å². The summed E-state index contributed by atoms with van der Waals surface area (Å²) in [5.74, 6) is 0.523. The van der Waals surface area contributed by atoms with Crippen LogP contribution in [0.2, 0.25) is 0 Å². The van der Waals surface area contributed by atoms with Crippen LogP contribution in [-0.4, -0.2) is 42.2 Å². The van der Waals surface area contributed by atoms with E-state index in [-0.39, 0.29) is 24.5 Å². The van der Waals surface area contributed by atoms with Gasteiger partial charge in [-0.05, 0) is 18.8 Å². The predicted octanol–water partition coefficient (Wildman–Crippen LogP) is -0.434. The topological polar surface area (TPSA) is 66.6 Å². The average molecular weight is 198 g/mol. The first-order valence-corrected chi connectivity index (χ1v) is 5.30. The van der Waals surface area contributed by atoms with Gasteiger partial charge in [0.15, 0.2) is 0 Å². The summed E-state index contributed by atoms with van der Waals surface area (Å²) >= 11 is 0. The number of amides is 1. The molecule has 0 aromatic carbocycles. The Morgan fingerprint density at radius 2 is 2.43 bits per heavy atom. The standard InChI is InChI=1S/C10H18N2O2/c11-4-9(14)12-5-8-2-1-3-10(8,6-12)7-13/h8,13H,1-7,11H2/t8-,10+/m0/s1. The van der Waals surface area contributed by atoms with Crippen LogP contribution >= 0.6 is 0 Å². The fourth-order valence-corrected chi connectivity index (χ4v) is 2.99. The minimum absolute atomic E-state index is 0.00479. The summed E-state index contributed by atoms with van der Waals surface area (Å²) in [6, 6.07) is 0. The van der Waals surface area contributed by atoms with Crippen LogP contribution < -0.4 is 5.73 Å². The van der Waals surface area contributed by atoms with E-state index in [0.717, 1.165) is 19.4 Å². The van der Waals surface area contributed by atoms with Gasteiger partial charge in [0.2, 0.25) is 5.91 Å². The molecule has 1 amide bonds. The number of hydrogen-bond acceptors (Lipinski definition) is 3. The second kappa shape index (κ2) is 3.51. The molecule has 1 saturated carbocycles. The number of likely N-dealkylation sites (tertiary alicyclic amines) is 1. The predicted molar refractivity (Wildman–Crippen MR) is 52.5 cm³/mol. The minimum atomic E-state index is 0.00479. The van der Waals surface area contributed by atoms with Crippen molar-refractivity contribution in [2.75, 3.05) is 26.2 Å². The molecule has 0 aromatic heterocycles. The molecule has 4 nitrogen and oxygen atoms in total. The van der Waals surface area contributed by atoms with Crippen LogP contribution in [0.25, 0.3) is 0 Å². The minimum Gasteiger partial charge on any atom is -0.396 e. The van der Waals surface area contributed by atoms with E-state index in [1.807, 2.05) is 4.90 Å². The lowest BCUT2D eigenvalue weighted by Gasteiger charge is -2.25. The van der Waals surface area contributed by atoms with Crippen LogP contribution in [0, 0.1) is 11.3 Å². The number of nitrogens with two attached hydrogens (primary N) is 1. The molecule has 3 N–H and O–H groups in total. The van der Waals surface area contributed by atoms with E-state index in [1.54, 1.807) is 0 Å². The van der Waals surface area contributed by atoms with Crippen LogP contribution in [0.15, 0.2) is 0 Å². The maximum atomic E-state index is 11.4. The van der Waals surface area contributed by atoms with Crippen molar-refractivity contribution in [2.45, 2.75) is 19.3 Å². The number of hydrogen-bond donors (Lipinski definition) is 2. The fraction of sp³-hybridized carbons (Fsp3) is 0.900. The maximum Gasteiger partial charge on any atom is 0.236 e. The summed E-state index contributed by atoms with van der Waals surface area (Å²) in [5.41, 5.74) is 5.34. The second-order valence-corrected chi connectivity index (χ2v) is 4.59. The third kappa shape index (κ3) is 1.33. The van der Waals surface area contributed by atoms with Crippen LogP contribution in [-0.2, 0) is 4.79 Å². The Labute approximate surface area is 84.1 Å². The molecule has 0 aromatic rings. The molecule has 1 saturated heterocycles. The number of aliphatic hydroxyl groups is 1. The number of rotatable bonds is 2. The van der Waals surface area contributed by atoms with Crippen LogP contribution in [0.3, 0.4) is 0 Å². The second-order valence-electron chi connectivity index (χ2n) is 4.59. The van der Waals surface area contributed by atoms with Crippen molar-refractivity contribution < 1.29 is 9.90 Å². The SMILES string of the molecule is NCC(=O)N1C[C@@H]2CCC[C@]2(CO)C1. The Kier molecular flexibility index (Phi) is 2.49. The number of nitrogens with zero attached hydrogens (tertiary/aromatic N) is 1. The van der Waals surface area contributed by atoms with Gasteiger partial charge in [-0.2, -0.15) is 0 Å². The summed E-state index contributed by atoms with van der Waals surface area (Å²) in [6.45, 7) is 1.82. The van der Waals surface area contributed by atoms with Gasteiger partial charge in [-0.15, -0.1) is 0 Å². The number of carbonyl (C=O) groups is 1. The van der Waals surface area contributed by atoms with Gasteiger partial charge in [-0.3, -0.25) is 4.79 Å². The van der Waals surface area contributed by atoms with Gasteiger partial charge in [0.05, 0.1) is 13.2 Å². The number of aliphatic hydroxyl groups excluding tert-OH is 1. The Balaban J connectivity index is 2.08. The van der Waals surface area contributed by atoms with Crippen molar-refractivity contribution in [2.24, 2.45) is 17.1 Å². The zero-order chi connectivity index (χ0) is 10.2. The molecule has 1 aliphatic heterocycles. The van der Waals surface area contributed by atoms with Crippen LogP contribution in [0.5, 0.6) is 0 Å². The van der Waals surface area contributed by atoms with E-state index >= 15 is 0 Å². The highest BCUT2D eigenvalue weighted by atomic mass is 16.3. The van der Waals surface area contributed by atoms with Crippen molar-refractivity contribution in [3.8, 4) is 0 Å². The van der Waals surface area contributed by atoms with E-state index in [2.05, 4.69) is 0 Å². The van der Waals surface area contributed by atoms with Gasteiger partial charge < -0.3 is 15.7 Å². The number of fused-ring (bicyclic) bond motifs is 1. The Morgan fingerprint density at radius 3 is 3.00 bits per heavy atom. The molecule has 0 radical (unpaired) electrons. The monoisotopic (exact) mass is 198 g/mol. The van der Waals surface area contributed by atoms with Crippen molar-refractivity contribution in [1.29, 1.82) is 0 Å². The Morgan fingerprint density at radius 1 is 1.64 bits per heavy atom. The smallest absolute Gasteiger partial charge is 0.236 e. The first kappa shape index (κ1) is 9.93. The fourth-order valence-electron chi connectivity index (χ4n) is 2.99. The lowest BCUT2D eigenvalue weighted by molar-refractivity contribution is -0.129. The average Bonchev–Trinajstić information content (AvgIpc) is 2.72. The number of carbonyl (C=O) groups excluding carboxylic acids is 1. The molecule has 0 spiro atoms. The normalized spacial score (nSPS) is 36.1. The molecule has 2 aliphatic rings. The van der Waals surface area contributed by atoms with Gasteiger partial charge in [-0.25, -0.2) is 0 Å². The van der Waals surface area contributed by atoms with Gasteiger partial charge in [-0.1, -0.05) is 6.42 Å². The first-order valence-electron chi connectivity index (χ1n) is 5.30. The van der Waals surface area contributed by atoms with Gasteiger partial charge >= 0.3 is 0 Å². The third-order valence-corrected chi connectivity index (χ3v) is 3.88. The van der Waals surface area contributed by atoms with Crippen molar-refractivity contribution >= 4 is 5.91 Å². The maximum absolute atomic E-state index is 11.4. The molecule has 2 atom stereocenters. The lowest BCUT2D eigenvalue weighted by Crippen LogP contribution is -2.37. The molecule has 14 heavy (non-hydrogen) atoms. The van der Waals surface area contributed by atoms with E-state index in [0.29, 0.717) is 12.5 Å². The molecular weight excluding hydrogens is 180 g/mol. The molecule has 2 fully saturated rings. The molecule has 0 unspecified atom stereocenters. The van der Waals surface area contributed by atoms with Gasteiger partial charge in [0.25, 0.3) is 0 Å². The van der Waals surface area contributed by atoms with E-state index in [9.17, 15) is 9.90 Å². The third-order valence-electron chi connectivity index (χ3n) is 3.88. The quantitative estimate of drug-likeness (QED) is 0.632. The summed E-state index contributed by atoms with van der Waals surface area (Å²) in [6.07, 6.45) is 3.40. The molecule has 4 heteroatoms. The highest BCUT2D eigenvalue weighted by Crippen LogP contribution is 2.48. The lowest BCUT2D eigenvalue weighted by atomic mass is 9.82. The zero-order valence-electron chi connectivity index (χ0n) is 8.41. The summed E-state index contributed by atoms with van der Waals surface area (Å²) < 4.78 is 0. The first-order chi connectivity index (χ1) is 6.72. The van der Waals surface area contributed by atoms with Gasteiger partial charge in [0.1, 0.15) is 0 Å². The van der Waals surface area contributed by atoms with Crippen LogP contribution in [0.4, 0.5) is 0 Å². The van der Waals surface area contributed by atoms with E-state index in [1.165, 1.54) is 6.42 Å². The largest absolute Gasteiger partial charge is 0.396 e. The zero-order valence-corrected chi connectivity index (χ0v) is 8.41. The summed E-state index contributed by atoms with van der Waals surface area (Å²) in [5, 5.41) is 9.43. The summed E-state index contributed by atoms with van der Waals surface area (Å²) in [4.78, 5) is 13.2. The van der Waals surface area contributed by atoms with E-state index < -0.39 is 0 Å². The Hall–Kier alpha value is -0.610. The Bertz CT molecular complexity index is 244. The van der Waals surface area contributed by atoms with Crippen molar-refractivity contribution in [3.63, 3.8) is 0 Å². The van der Waals surface area contributed by atoms with Gasteiger partial charge in [0, 0.05) is 18.5 Å². The van der Waals surface area contributed by atoms with E-state index in [4.69, 9.17) is 5.73 Å². The summed E-state index contributed by atoms with van der Waals surface area (Å²) in [7, 11) is 0. The highest BCUT2D eigenvalue weighted by Gasteiger charge is 2.49. The molecule has 0 bridgehead atoms. The molecule has 1 heterocycles. The molecule has 80 valence electrons. The molecular formula is C10H18N2O2. The van der Waals surface area contributed by atoms with Crippen molar-refractivity contribution in [1.82, 2.24) is 4.90 Å². The highest BCUT2D eigenvalue weighted by molar-refractivity contribution is 5.78. The molecule has 2 rings (SSSR count). The molecule has 1 aliphatic carbocycles.